The van der Waals surface area contributed by atoms with Crippen LogP contribution in [0.15, 0.2) is 0 Å². The summed E-state index contributed by atoms with van der Waals surface area (Å²) in [5.41, 5.74) is -0.591. The highest BCUT2D eigenvalue weighted by Crippen LogP contribution is 2.68. The van der Waals surface area contributed by atoms with E-state index in [-0.39, 0.29) is 23.0 Å². The van der Waals surface area contributed by atoms with E-state index in [0.29, 0.717) is 23.7 Å². The summed E-state index contributed by atoms with van der Waals surface area (Å²) in [6.07, 6.45) is 7.53. The molecule has 4 rings (SSSR count). The molecular weight excluding hydrogens is 288 g/mol. The van der Waals surface area contributed by atoms with Gasteiger partial charge in [0.2, 0.25) is 0 Å². The van der Waals surface area contributed by atoms with E-state index in [4.69, 9.17) is 0 Å². The Kier molecular flexibility index (Phi) is 3.52. The molecule has 0 amide bonds. The normalized spacial score (nSPS) is 62.3. The third-order valence-corrected chi connectivity index (χ3v) is 9.13. The highest BCUT2D eigenvalue weighted by Gasteiger charge is 2.65. The summed E-state index contributed by atoms with van der Waals surface area (Å²) in [7, 11) is 0. The van der Waals surface area contributed by atoms with E-state index < -0.39 is 5.60 Å². The Hall–Kier alpha value is -0.120. The smallest absolute Gasteiger partial charge is 0.0676 e. The van der Waals surface area contributed by atoms with Crippen LogP contribution >= 0.6 is 0 Å². The summed E-state index contributed by atoms with van der Waals surface area (Å²) in [5.74, 6) is 2.03. The van der Waals surface area contributed by atoms with Crippen molar-refractivity contribution in [2.45, 2.75) is 89.9 Å². The fourth-order valence-corrected chi connectivity index (χ4v) is 7.58. The molecule has 0 aromatic heterocycles. The highest BCUT2D eigenvalue weighted by atomic mass is 16.3. The van der Waals surface area contributed by atoms with Crippen LogP contribution in [0.3, 0.4) is 0 Å². The van der Waals surface area contributed by atoms with Gasteiger partial charge in [-0.1, -0.05) is 13.8 Å². The van der Waals surface area contributed by atoms with Crippen LogP contribution in [-0.4, -0.2) is 33.1 Å². The van der Waals surface area contributed by atoms with Crippen LogP contribution < -0.4 is 0 Å². The second-order valence-corrected chi connectivity index (χ2v) is 10.0. The Morgan fingerprint density at radius 2 is 1.65 bits per heavy atom. The molecule has 0 spiro atoms. The van der Waals surface area contributed by atoms with E-state index in [9.17, 15) is 15.3 Å². The van der Waals surface area contributed by atoms with Crippen LogP contribution in [0, 0.1) is 34.5 Å². The van der Waals surface area contributed by atoms with Crippen LogP contribution in [0.25, 0.3) is 0 Å². The van der Waals surface area contributed by atoms with Crippen LogP contribution in [0.2, 0.25) is 0 Å². The van der Waals surface area contributed by atoms with Crippen molar-refractivity contribution in [2.75, 3.05) is 0 Å². The highest BCUT2D eigenvalue weighted by molar-refractivity contribution is 5.15. The van der Waals surface area contributed by atoms with Gasteiger partial charge in [-0.05, 0) is 87.4 Å². The second kappa shape index (κ2) is 4.95. The molecule has 9 atom stereocenters. The summed E-state index contributed by atoms with van der Waals surface area (Å²) < 4.78 is 0. The largest absolute Gasteiger partial charge is 0.393 e. The minimum atomic E-state index is -0.635. The van der Waals surface area contributed by atoms with E-state index in [1.165, 1.54) is 12.8 Å². The quantitative estimate of drug-likeness (QED) is 0.642. The summed E-state index contributed by atoms with van der Waals surface area (Å²) >= 11 is 0. The lowest BCUT2D eigenvalue weighted by atomic mass is 9.43. The van der Waals surface area contributed by atoms with E-state index >= 15 is 0 Å². The third kappa shape index (κ3) is 2.05. The van der Waals surface area contributed by atoms with Gasteiger partial charge in [-0.25, -0.2) is 0 Å². The summed E-state index contributed by atoms with van der Waals surface area (Å²) in [4.78, 5) is 0. The Bertz CT molecular complexity index is 489. The molecule has 0 bridgehead atoms. The van der Waals surface area contributed by atoms with Gasteiger partial charge in [0.15, 0.2) is 0 Å². The molecule has 4 fully saturated rings. The molecule has 3 heteroatoms. The SMILES string of the molecule is C[C@]12CC[C@H](O)C[C@@H]1CC[C@@H]1[C@@H]2[C@H](O)C[C@@]2(C)[C@H]1CC[C@@]2(C)O. The fraction of sp³-hybridized carbons (Fsp3) is 1.00. The molecule has 0 heterocycles. The third-order valence-electron chi connectivity index (χ3n) is 9.13. The number of aliphatic hydroxyl groups excluding tert-OH is 2. The van der Waals surface area contributed by atoms with Crippen molar-refractivity contribution < 1.29 is 15.3 Å². The van der Waals surface area contributed by atoms with E-state index in [2.05, 4.69) is 13.8 Å². The maximum atomic E-state index is 11.1. The summed E-state index contributed by atoms with van der Waals surface area (Å²) in [5, 5.41) is 32.2. The maximum Gasteiger partial charge on any atom is 0.0676 e. The number of aliphatic hydroxyl groups is 3. The lowest BCUT2D eigenvalue weighted by Gasteiger charge is -2.62. The molecule has 4 saturated carbocycles. The molecule has 0 aliphatic heterocycles. The predicted octanol–water partition coefficient (Wildman–Crippen LogP) is 3.11. The maximum absolute atomic E-state index is 11.1. The first-order chi connectivity index (χ1) is 10.7. The molecule has 0 aromatic carbocycles. The molecule has 0 unspecified atom stereocenters. The van der Waals surface area contributed by atoms with Gasteiger partial charge in [0.25, 0.3) is 0 Å². The van der Waals surface area contributed by atoms with Crippen LogP contribution in [0.4, 0.5) is 0 Å². The fourth-order valence-electron chi connectivity index (χ4n) is 7.58. The predicted molar refractivity (Wildman–Crippen MR) is 89.7 cm³/mol. The van der Waals surface area contributed by atoms with Crippen molar-refractivity contribution in [3.05, 3.63) is 0 Å². The van der Waals surface area contributed by atoms with Crippen molar-refractivity contribution >= 4 is 0 Å². The molecule has 23 heavy (non-hydrogen) atoms. The molecule has 4 aliphatic carbocycles. The van der Waals surface area contributed by atoms with Gasteiger partial charge < -0.3 is 15.3 Å². The van der Waals surface area contributed by atoms with Crippen LogP contribution in [0.5, 0.6) is 0 Å². The van der Waals surface area contributed by atoms with Gasteiger partial charge in [0.05, 0.1) is 17.8 Å². The van der Waals surface area contributed by atoms with Crippen molar-refractivity contribution in [2.24, 2.45) is 34.5 Å². The summed E-state index contributed by atoms with van der Waals surface area (Å²) in [6, 6.07) is 0. The van der Waals surface area contributed by atoms with Crippen molar-refractivity contribution in [3.8, 4) is 0 Å². The first kappa shape index (κ1) is 16.4. The zero-order valence-electron chi connectivity index (χ0n) is 15.0. The molecule has 3 N–H and O–H groups in total. The lowest BCUT2D eigenvalue weighted by Crippen LogP contribution is -2.61. The van der Waals surface area contributed by atoms with Crippen molar-refractivity contribution in [1.29, 1.82) is 0 Å². The van der Waals surface area contributed by atoms with Gasteiger partial charge in [0.1, 0.15) is 0 Å². The van der Waals surface area contributed by atoms with Gasteiger partial charge in [0, 0.05) is 5.41 Å². The van der Waals surface area contributed by atoms with Crippen molar-refractivity contribution in [3.63, 3.8) is 0 Å². The zero-order chi connectivity index (χ0) is 16.6. The van der Waals surface area contributed by atoms with Gasteiger partial charge >= 0.3 is 0 Å². The van der Waals surface area contributed by atoms with Crippen molar-refractivity contribution in [1.82, 2.24) is 0 Å². The van der Waals surface area contributed by atoms with Crippen LogP contribution in [0.1, 0.15) is 72.1 Å². The molecule has 132 valence electrons. The minimum absolute atomic E-state index is 0.134. The summed E-state index contributed by atoms with van der Waals surface area (Å²) in [6.45, 7) is 6.60. The Morgan fingerprint density at radius 1 is 0.913 bits per heavy atom. The van der Waals surface area contributed by atoms with Gasteiger partial charge in [-0.2, -0.15) is 0 Å². The Balaban J connectivity index is 1.69. The first-order valence-electron chi connectivity index (χ1n) is 9.77. The number of fused-ring (bicyclic) bond motifs is 5. The second-order valence-electron chi connectivity index (χ2n) is 10.0. The zero-order valence-corrected chi connectivity index (χ0v) is 15.0. The molecule has 3 nitrogen and oxygen atoms in total. The van der Waals surface area contributed by atoms with Gasteiger partial charge in [-0.15, -0.1) is 0 Å². The van der Waals surface area contributed by atoms with Crippen LogP contribution in [-0.2, 0) is 0 Å². The van der Waals surface area contributed by atoms with E-state index in [1.807, 2.05) is 6.92 Å². The first-order valence-corrected chi connectivity index (χ1v) is 9.77. The molecule has 0 radical (unpaired) electrons. The molecule has 4 aliphatic rings. The number of hydrogen-bond acceptors (Lipinski definition) is 3. The lowest BCUT2D eigenvalue weighted by molar-refractivity contribution is -0.197. The number of hydrogen-bond donors (Lipinski definition) is 3. The molecule has 0 saturated heterocycles. The Labute approximate surface area is 140 Å². The van der Waals surface area contributed by atoms with Gasteiger partial charge in [-0.3, -0.25) is 0 Å². The molecule has 0 aromatic rings. The average Bonchev–Trinajstić information content (AvgIpc) is 2.69. The topological polar surface area (TPSA) is 60.7 Å². The van der Waals surface area contributed by atoms with E-state index in [1.54, 1.807) is 0 Å². The molecular formula is C20H34O3. The standard InChI is InChI=1S/C20H34O3/c1-18-8-6-13(21)10-12(18)4-5-14-15-7-9-20(3,23)19(15,2)11-16(22)17(14)18/h12-17,21-23H,4-11H2,1-3H3/t12-,13-,14-,15-,16+,17+,18-,19-,20+/m0/s1. The monoisotopic (exact) mass is 322 g/mol. The number of rotatable bonds is 0. The average molecular weight is 322 g/mol. The minimum Gasteiger partial charge on any atom is -0.393 e. The van der Waals surface area contributed by atoms with E-state index in [0.717, 1.165) is 38.5 Å². The Morgan fingerprint density at radius 3 is 2.39 bits per heavy atom.